The predicted octanol–water partition coefficient (Wildman–Crippen LogP) is 4.57. The number of aliphatic imine (C=N–C) groups is 1. The van der Waals surface area contributed by atoms with Gasteiger partial charge < -0.3 is 4.74 Å². The summed E-state index contributed by atoms with van der Waals surface area (Å²) in [6.07, 6.45) is 1.54. The Bertz CT molecular complexity index is 863. The lowest BCUT2D eigenvalue weighted by molar-refractivity contribution is -0.129. The lowest BCUT2D eigenvalue weighted by Gasteiger charge is -2.03. The van der Waals surface area contributed by atoms with Crippen molar-refractivity contribution in [3.05, 3.63) is 73.4 Å². The maximum absolute atomic E-state index is 13.3. The highest BCUT2D eigenvalue weighted by atomic mass is 127. The minimum atomic E-state index is -1.10. The van der Waals surface area contributed by atoms with Gasteiger partial charge in [0, 0.05) is 3.57 Å². The van der Waals surface area contributed by atoms with Crippen molar-refractivity contribution in [1.82, 2.24) is 0 Å². The molecule has 0 saturated heterocycles. The molecule has 0 radical (unpaired) electrons. The number of carbonyl (C=O) groups is 1. The van der Waals surface area contributed by atoms with Crippen LogP contribution in [0.4, 0.5) is 8.78 Å². The predicted molar refractivity (Wildman–Crippen MR) is 91.1 cm³/mol. The standard InChI is InChI=1S/C16H7ClF2INO2/c17-11-7-13(19)12(18)6-10(11)15-21-14(16(22)23-15)5-8-1-3-9(20)4-2-8/h1-7H/b14-5+. The smallest absolute Gasteiger partial charge is 0.363 e. The van der Waals surface area contributed by atoms with Crippen molar-refractivity contribution in [3.8, 4) is 0 Å². The first-order valence-electron chi connectivity index (χ1n) is 6.37. The molecule has 2 aromatic carbocycles. The third-order valence-corrected chi connectivity index (χ3v) is 4.07. The number of hydrogen-bond acceptors (Lipinski definition) is 3. The van der Waals surface area contributed by atoms with Crippen LogP contribution in [-0.4, -0.2) is 11.9 Å². The maximum Gasteiger partial charge on any atom is 0.363 e. The molecule has 1 aliphatic rings. The molecule has 2 aromatic rings. The minimum Gasteiger partial charge on any atom is -0.402 e. The molecule has 7 heteroatoms. The van der Waals surface area contributed by atoms with Gasteiger partial charge in [0.1, 0.15) is 0 Å². The Labute approximate surface area is 148 Å². The topological polar surface area (TPSA) is 38.7 Å². The fraction of sp³-hybridized carbons (Fsp3) is 0. The summed E-state index contributed by atoms with van der Waals surface area (Å²) in [6, 6.07) is 9.05. The number of benzene rings is 2. The molecular weight excluding hydrogens is 439 g/mol. The maximum atomic E-state index is 13.3. The number of hydrogen-bond donors (Lipinski definition) is 0. The number of nitrogens with zero attached hydrogens (tertiary/aromatic N) is 1. The van der Waals surface area contributed by atoms with Gasteiger partial charge >= 0.3 is 5.97 Å². The Morgan fingerprint density at radius 3 is 2.48 bits per heavy atom. The molecule has 116 valence electrons. The van der Waals surface area contributed by atoms with Crippen molar-refractivity contribution in [2.45, 2.75) is 0 Å². The summed E-state index contributed by atoms with van der Waals surface area (Å²) < 4.78 is 32.5. The van der Waals surface area contributed by atoms with Gasteiger partial charge in [0.25, 0.3) is 0 Å². The van der Waals surface area contributed by atoms with E-state index in [4.69, 9.17) is 16.3 Å². The van der Waals surface area contributed by atoms with E-state index >= 15 is 0 Å². The first-order chi connectivity index (χ1) is 10.9. The Kier molecular flexibility index (Phi) is 4.45. The van der Waals surface area contributed by atoms with Gasteiger partial charge in [-0.05, 0) is 58.5 Å². The quantitative estimate of drug-likeness (QED) is 0.294. The molecule has 0 N–H and O–H groups in total. The molecule has 0 aromatic heterocycles. The molecule has 3 nitrogen and oxygen atoms in total. The van der Waals surface area contributed by atoms with E-state index in [-0.39, 0.29) is 22.2 Å². The Balaban J connectivity index is 1.98. The van der Waals surface area contributed by atoms with Crippen molar-refractivity contribution in [1.29, 1.82) is 0 Å². The van der Waals surface area contributed by atoms with E-state index in [0.29, 0.717) is 0 Å². The lowest BCUT2D eigenvalue weighted by atomic mass is 10.2. The van der Waals surface area contributed by atoms with Gasteiger partial charge in [0.15, 0.2) is 17.3 Å². The number of carbonyl (C=O) groups excluding carboxylic acids is 1. The summed E-state index contributed by atoms with van der Waals surface area (Å²) in [4.78, 5) is 15.9. The summed E-state index contributed by atoms with van der Waals surface area (Å²) in [5.41, 5.74) is 0.839. The van der Waals surface area contributed by atoms with Gasteiger partial charge in [-0.1, -0.05) is 23.7 Å². The molecule has 0 amide bonds. The zero-order valence-corrected chi connectivity index (χ0v) is 14.2. The van der Waals surface area contributed by atoms with Gasteiger partial charge in [0.05, 0.1) is 10.6 Å². The molecule has 0 aliphatic carbocycles. The zero-order chi connectivity index (χ0) is 16.6. The number of cyclic esters (lactones) is 1. The zero-order valence-electron chi connectivity index (χ0n) is 11.3. The highest BCUT2D eigenvalue weighted by molar-refractivity contribution is 14.1. The number of rotatable bonds is 2. The molecule has 3 rings (SSSR count). The molecule has 23 heavy (non-hydrogen) atoms. The van der Waals surface area contributed by atoms with Crippen molar-refractivity contribution >= 4 is 52.1 Å². The van der Waals surface area contributed by atoms with E-state index in [1.54, 1.807) is 6.08 Å². The Hall–Kier alpha value is -1.80. The van der Waals surface area contributed by atoms with Crippen molar-refractivity contribution < 1.29 is 18.3 Å². The Morgan fingerprint density at radius 2 is 1.78 bits per heavy atom. The third kappa shape index (κ3) is 3.42. The summed E-state index contributed by atoms with van der Waals surface area (Å²) in [5.74, 6) is -3.02. The van der Waals surface area contributed by atoms with E-state index in [2.05, 4.69) is 27.6 Å². The van der Waals surface area contributed by atoms with Crippen LogP contribution < -0.4 is 0 Å². The molecule has 0 bridgehead atoms. The fourth-order valence-electron chi connectivity index (χ4n) is 1.93. The first-order valence-corrected chi connectivity index (χ1v) is 7.83. The normalized spacial score (nSPS) is 15.7. The molecule has 0 unspecified atom stereocenters. The average Bonchev–Trinajstić information content (AvgIpc) is 2.86. The van der Waals surface area contributed by atoms with Crippen LogP contribution in [0.2, 0.25) is 5.02 Å². The van der Waals surface area contributed by atoms with Crippen LogP contribution in [0.3, 0.4) is 0 Å². The number of halogens is 4. The second-order valence-corrected chi connectivity index (χ2v) is 6.29. The van der Waals surface area contributed by atoms with Crippen LogP contribution in [0.5, 0.6) is 0 Å². The number of esters is 1. The Morgan fingerprint density at radius 1 is 1.13 bits per heavy atom. The lowest BCUT2D eigenvalue weighted by Crippen LogP contribution is -2.07. The monoisotopic (exact) mass is 445 g/mol. The van der Waals surface area contributed by atoms with Gasteiger partial charge in [-0.3, -0.25) is 0 Å². The second kappa shape index (κ2) is 6.37. The second-order valence-electron chi connectivity index (χ2n) is 4.63. The van der Waals surface area contributed by atoms with Gasteiger partial charge in [-0.2, -0.15) is 0 Å². The van der Waals surface area contributed by atoms with E-state index in [0.717, 1.165) is 21.3 Å². The van der Waals surface area contributed by atoms with E-state index < -0.39 is 17.6 Å². The van der Waals surface area contributed by atoms with E-state index in [9.17, 15) is 13.6 Å². The largest absolute Gasteiger partial charge is 0.402 e. The van der Waals surface area contributed by atoms with Crippen LogP contribution >= 0.6 is 34.2 Å². The summed E-state index contributed by atoms with van der Waals surface area (Å²) >= 11 is 8.02. The van der Waals surface area contributed by atoms with Crippen LogP contribution in [0.1, 0.15) is 11.1 Å². The van der Waals surface area contributed by atoms with Crippen LogP contribution in [0, 0.1) is 15.2 Å². The van der Waals surface area contributed by atoms with E-state index in [1.165, 1.54) is 0 Å². The summed E-state index contributed by atoms with van der Waals surface area (Å²) in [6.45, 7) is 0. The molecule has 0 saturated carbocycles. The van der Waals surface area contributed by atoms with Crippen molar-refractivity contribution in [2.24, 2.45) is 4.99 Å². The molecule has 0 fully saturated rings. The molecule has 1 heterocycles. The molecule has 0 atom stereocenters. The minimum absolute atomic E-state index is 0.0185. The molecular formula is C16H7ClF2INO2. The fourth-order valence-corrected chi connectivity index (χ4v) is 2.52. The van der Waals surface area contributed by atoms with Crippen molar-refractivity contribution in [3.63, 3.8) is 0 Å². The average molecular weight is 446 g/mol. The van der Waals surface area contributed by atoms with Gasteiger partial charge in [-0.25, -0.2) is 18.6 Å². The van der Waals surface area contributed by atoms with Crippen molar-refractivity contribution in [2.75, 3.05) is 0 Å². The summed E-state index contributed by atoms with van der Waals surface area (Å²) in [7, 11) is 0. The number of ether oxygens (including phenoxy) is 1. The highest BCUT2D eigenvalue weighted by Gasteiger charge is 2.26. The van der Waals surface area contributed by atoms with E-state index in [1.807, 2.05) is 24.3 Å². The summed E-state index contributed by atoms with van der Waals surface area (Å²) in [5, 5.41) is -0.0917. The van der Waals surface area contributed by atoms with Crippen LogP contribution in [0.15, 0.2) is 47.1 Å². The van der Waals surface area contributed by atoms with Crippen LogP contribution in [0.25, 0.3) is 6.08 Å². The SMILES string of the molecule is O=C1OC(c2cc(F)c(F)cc2Cl)=N/C1=C/c1ccc(I)cc1. The molecule has 0 spiro atoms. The van der Waals surface area contributed by atoms with Gasteiger partial charge in [-0.15, -0.1) is 0 Å². The third-order valence-electron chi connectivity index (χ3n) is 3.03. The molecule has 1 aliphatic heterocycles. The van der Waals surface area contributed by atoms with Gasteiger partial charge in [0.2, 0.25) is 5.90 Å². The first kappa shape index (κ1) is 16.1. The highest BCUT2D eigenvalue weighted by Crippen LogP contribution is 2.26. The van der Waals surface area contributed by atoms with Crippen LogP contribution in [-0.2, 0) is 9.53 Å².